The van der Waals surface area contributed by atoms with Crippen LogP contribution in [0, 0.1) is 6.92 Å². The molecule has 0 spiro atoms. The number of carbonyl (C=O) groups is 1. The number of anilines is 1. The second-order valence-electron chi connectivity index (χ2n) is 7.68. The molecule has 9 heteroatoms. The van der Waals surface area contributed by atoms with Crippen molar-refractivity contribution in [3.63, 3.8) is 0 Å². The van der Waals surface area contributed by atoms with Gasteiger partial charge >= 0.3 is 0 Å². The van der Waals surface area contributed by atoms with Gasteiger partial charge in [-0.25, -0.2) is 13.4 Å². The maximum Gasteiger partial charge on any atom is 0.248 e. The monoisotopic (exact) mass is 483 g/mol. The van der Waals surface area contributed by atoms with Gasteiger partial charge in [0, 0.05) is 30.2 Å². The molecule has 0 atom stereocenters. The Morgan fingerprint density at radius 1 is 1.18 bits per heavy atom. The Labute approximate surface area is 197 Å². The maximum atomic E-state index is 12.7. The molecule has 1 aromatic heterocycles. The standard InChI is InChI=1S/C24H25N3O4S2/c1-18-25-21(17-32-18)16-31-22-8-4-6-19(14-22)10-11-24(28)26-20-7-5-9-23(15-20)33(29,30)27-12-2-3-13-27/h4-11,14-15,17H,2-3,12-13,16H2,1H3,(H,26,28)/b11-10+. The number of carbonyl (C=O) groups excluding carboxylic acids is 1. The van der Waals surface area contributed by atoms with Crippen LogP contribution in [0.5, 0.6) is 5.75 Å². The molecule has 1 aliphatic rings. The van der Waals surface area contributed by atoms with Crippen molar-refractivity contribution in [2.24, 2.45) is 0 Å². The largest absolute Gasteiger partial charge is 0.487 e. The lowest BCUT2D eigenvalue weighted by atomic mass is 10.2. The molecule has 0 aliphatic carbocycles. The number of nitrogens with zero attached hydrogens (tertiary/aromatic N) is 2. The van der Waals surface area contributed by atoms with Gasteiger partial charge in [0.05, 0.1) is 15.6 Å². The Morgan fingerprint density at radius 2 is 1.97 bits per heavy atom. The fourth-order valence-electron chi connectivity index (χ4n) is 3.51. The SMILES string of the molecule is Cc1nc(COc2cccc(/C=C/C(=O)Nc3cccc(S(=O)(=O)N4CCCC4)c3)c2)cs1. The van der Waals surface area contributed by atoms with Crippen LogP contribution >= 0.6 is 11.3 Å². The molecular weight excluding hydrogens is 458 g/mol. The fraction of sp³-hybridized carbons (Fsp3) is 0.250. The first-order valence-corrected chi connectivity index (χ1v) is 13.0. The lowest BCUT2D eigenvalue weighted by Crippen LogP contribution is -2.27. The summed E-state index contributed by atoms with van der Waals surface area (Å²) >= 11 is 1.58. The van der Waals surface area contributed by atoms with Crippen molar-refractivity contribution in [2.45, 2.75) is 31.3 Å². The summed E-state index contributed by atoms with van der Waals surface area (Å²) in [4.78, 5) is 17.0. The number of amides is 1. The topological polar surface area (TPSA) is 88.6 Å². The Kier molecular flexibility index (Phi) is 7.22. The number of aryl methyl sites for hydroxylation is 1. The van der Waals surface area contributed by atoms with Gasteiger partial charge < -0.3 is 10.1 Å². The molecule has 33 heavy (non-hydrogen) atoms. The first-order valence-electron chi connectivity index (χ1n) is 10.6. The van der Waals surface area contributed by atoms with E-state index >= 15 is 0 Å². The molecule has 1 fully saturated rings. The molecule has 7 nitrogen and oxygen atoms in total. The number of thiazole rings is 1. The van der Waals surface area contributed by atoms with Crippen LogP contribution in [0.2, 0.25) is 0 Å². The third-order valence-electron chi connectivity index (χ3n) is 5.14. The molecule has 2 aromatic carbocycles. The average Bonchev–Trinajstić information content (AvgIpc) is 3.49. The third kappa shape index (κ3) is 6.07. The van der Waals surface area contributed by atoms with Gasteiger partial charge in [0.15, 0.2) is 0 Å². The predicted molar refractivity (Wildman–Crippen MR) is 130 cm³/mol. The molecule has 1 aliphatic heterocycles. The van der Waals surface area contributed by atoms with Gasteiger partial charge in [-0.1, -0.05) is 18.2 Å². The summed E-state index contributed by atoms with van der Waals surface area (Å²) in [6, 6.07) is 13.8. The number of aromatic nitrogens is 1. The van der Waals surface area contributed by atoms with Crippen LogP contribution in [-0.2, 0) is 21.4 Å². The molecule has 4 rings (SSSR count). The van der Waals surface area contributed by atoms with Crippen LogP contribution in [0.25, 0.3) is 6.08 Å². The van der Waals surface area contributed by atoms with Crippen LogP contribution in [0.4, 0.5) is 5.69 Å². The first kappa shape index (κ1) is 23.2. The zero-order valence-corrected chi connectivity index (χ0v) is 19.9. The van der Waals surface area contributed by atoms with Gasteiger partial charge in [0.25, 0.3) is 0 Å². The van der Waals surface area contributed by atoms with Crippen LogP contribution in [0.1, 0.15) is 29.1 Å². The van der Waals surface area contributed by atoms with Gasteiger partial charge in [-0.05, 0) is 61.7 Å². The molecular formula is C24H25N3O4S2. The summed E-state index contributed by atoms with van der Waals surface area (Å²) in [5.41, 5.74) is 2.12. The lowest BCUT2D eigenvalue weighted by molar-refractivity contribution is -0.111. The van der Waals surface area contributed by atoms with Gasteiger partial charge in [-0.3, -0.25) is 4.79 Å². The van der Waals surface area contributed by atoms with Gasteiger partial charge in [-0.15, -0.1) is 11.3 Å². The molecule has 1 amide bonds. The minimum atomic E-state index is -3.54. The van der Waals surface area contributed by atoms with E-state index in [0.29, 0.717) is 31.1 Å². The Hall–Kier alpha value is -3.01. The summed E-state index contributed by atoms with van der Waals surface area (Å²) in [7, 11) is -3.54. The van der Waals surface area contributed by atoms with E-state index in [1.165, 1.54) is 16.4 Å². The molecule has 1 N–H and O–H groups in total. The van der Waals surface area contributed by atoms with E-state index in [-0.39, 0.29) is 10.8 Å². The Bertz CT molecular complexity index is 1260. The summed E-state index contributed by atoms with van der Waals surface area (Å²) in [6.45, 7) is 3.41. The van der Waals surface area contributed by atoms with E-state index in [1.54, 1.807) is 35.6 Å². The molecule has 172 valence electrons. The van der Waals surface area contributed by atoms with Crippen LogP contribution < -0.4 is 10.1 Å². The van der Waals surface area contributed by atoms with E-state index in [0.717, 1.165) is 29.1 Å². The minimum absolute atomic E-state index is 0.186. The van der Waals surface area contributed by atoms with Crippen LogP contribution in [0.15, 0.2) is 64.9 Å². The average molecular weight is 484 g/mol. The number of benzene rings is 2. The number of rotatable bonds is 8. The zero-order chi connectivity index (χ0) is 23.3. The highest BCUT2D eigenvalue weighted by Crippen LogP contribution is 2.23. The molecule has 0 bridgehead atoms. The van der Waals surface area contributed by atoms with Crippen molar-refractivity contribution < 1.29 is 17.9 Å². The van der Waals surface area contributed by atoms with Gasteiger partial charge in [0.2, 0.25) is 15.9 Å². The molecule has 0 unspecified atom stereocenters. The van der Waals surface area contributed by atoms with Crippen LogP contribution in [-0.4, -0.2) is 36.7 Å². The number of ether oxygens (including phenoxy) is 1. The lowest BCUT2D eigenvalue weighted by Gasteiger charge is -2.16. The van der Waals surface area contributed by atoms with Crippen molar-refractivity contribution in [2.75, 3.05) is 18.4 Å². The maximum absolute atomic E-state index is 12.7. The Morgan fingerprint density at radius 3 is 2.73 bits per heavy atom. The normalized spacial score (nSPS) is 14.6. The highest BCUT2D eigenvalue weighted by molar-refractivity contribution is 7.89. The van der Waals surface area contributed by atoms with E-state index in [2.05, 4.69) is 10.3 Å². The highest BCUT2D eigenvalue weighted by Gasteiger charge is 2.27. The number of hydrogen-bond acceptors (Lipinski definition) is 6. The van der Waals surface area contributed by atoms with E-state index < -0.39 is 10.0 Å². The van der Waals surface area contributed by atoms with Crippen LogP contribution in [0.3, 0.4) is 0 Å². The summed E-state index contributed by atoms with van der Waals surface area (Å²) in [5.74, 6) is 0.332. The zero-order valence-electron chi connectivity index (χ0n) is 18.2. The molecule has 0 radical (unpaired) electrons. The third-order valence-corrected chi connectivity index (χ3v) is 7.86. The second kappa shape index (κ2) is 10.3. The number of hydrogen-bond donors (Lipinski definition) is 1. The fourth-order valence-corrected chi connectivity index (χ4v) is 5.67. The van der Waals surface area contributed by atoms with Crippen molar-refractivity contribution in [3.8, 4) is 5.75 Å². The number of sulfonamides is 1. The van der Waals surface area contributed by atoms with Crippen molar-refractivity contribution in [3.05, 3.63) is 76.3 Å². The van der Waals surface area contributed by atoms with E-state index in [9.17, 15) is 13.2 Å². The smallest absolute Gasteiger partial charge is 0.248 e. The first-order chi connectivity index (χ1) is 15.9. The summed E-state index contributed by atoms with van der Waals surface area (Å²) in [5, 5.41) is 5.69. The van der Waals surface area contributed by atoms with Crippen molar-refractivity contribution in [1.29, 1.82) is 0 Å². The molecule has 0 saturated carbocycles. The molecule has 1 saturated heterocycles. The van der Waals surface area contributed by atoms with E-state index in [1.807, 2.05) is 36.6 Å². The van der Waals surface area contributed by atoms with Crippen molar-refractivity contribution >= 4 is 39.0 Å². The minimum Gasteiger partial charge on any atom is -0.487 e. The second-order valence-corrected chi connectivity index (χ2v) is 10.7. The van der Waals surface area contributed by atoms with Gasteiger partial charge in [-0.2, -0.15) is 4.31 Å². The number of nitrogens with one attached hydrogen (secondary N) is 1. The summed E-state index contributed by atoms with van der Waals surface area (Å²) in [6.07, 6.45) is 4.83. The molecule has 2 heterocycles. The molecule has 3 aromatic rings. The van der Waals surface area contributed by atoms with Gasteiger partial charge in [0.1, 0.15) is 12.4 Å². The predicted octanol–water partition coefficient (Wildman–Crippen LogP) is 4.47. The highest BCUT2D eigenvalue weighted by atomic mass is 32.2. The summed E-state index contributed by atoms with van der Waals surface area (Å²) < 4.78 is 32.8. The quantitative estimate of drug-likeness (QED) is 0.478. The Balaban J connectivity index is 1.37. The van der Waals surface area contributed by atoms with Crippen molar-refractivity contribution in [1.82, 2.24) is 9.29 Å². The van der Waals surface area contributed by atoms with E-state index in [4.69, 9.17) is 4.74 Å².